The zero-order chi connectivity index (χ0) is 18.6. The molecule has 146 valence electrons. The molecule has 5 heteroatoms. The number of morpholine rings is 1. The summed E-state index contributed by atoms with van der Waals surface area (Å²) in [6.07, 6.45) is 2.38. The van der Waals surface area contributed by atoms with E-state index in [1.54, 1.807) is 0 Å². The lowest BCUT2D eigenvalue weighted by atomic mass is 10.00. The van der Waals surface area contributed by atoms with Crippen molar-refractivity contribution in [2.24, 2.45) is 4.99 Å². The Labute approximate surface area is 159 Å². The van der Waals surface area contributed by atoms with E-state index in [1.165, 1.54) is 24.1 Å². The van der Waals surface area contributed by atoms with Crippen LogP contribution in [0.5, 0.6) is 0 Å². The molecule has 0 spiro atoms. The van der Waals surface area contributed by atoms with E-state index >= 15 is 0 Å². The molecule has 1 aromatic carbocycles. The Morgan fingerprint density at radius 3 is 2.77 bits per heavy atom. The number of nitrogens with zero attached hydrogens (tertiary/aromatic N) is 2. The monoisotopic (exact) mass is 360 g/mol. The van der Waals surface area contributed by atoms with Crippen molar-refractivity contribution < 1.29 is 4.74 Å². The Hall–Kier alpha value is -1.59. The molecule has 1 atom stereocenters. The fourth-order valence-electron chi connectivity index (χ4n) is 3.14. The topological polar surface area (TPSA) is 48.9 Å². The average Bonchev–Trinajstić information content (AvgIpc) is 2.66. The second kappa shape index (κ2) is 11.9. The van der Waals surface area contributed by atoms with Crippen molar-refractivity contribution in [1.29, 1.82) is 0 Å². The second-order valence-corrected chi connectivity index (χ2v) is 7.12. The molecule has 0 bridgehead atoms. The van der Waals surface area contributed by atoms with Gasteiger partial charge in [-0.1, -0.05) is 36.8 Å². The Morgan fingerprint density at radius 2 is 2.04 bits per heavy atom. The number of aryl methyl sites for hydroxylation is 1. The molecule has 0 saturated carbocycles. The van der Waals surface area contributed by atoms with Crippen LogP contribution in [0.25, 0.3) is 0 Å². The number of hydrogen-bond donors (Lipinski definition) is 2. The summed E-state index contributed by atoms with van der Waals surface area (Å²) < 4.78 is 5.39. The van der Waals surface area contributed by atoms with Crippen LogP contribution >= 0.6 is 0 Å². The van der Waals surface area contributed by atoms with E-state index in [0.29, 0.717) is 5.92 Å². The molecular formula is C21H36N4O. The number of unbranched alkanes of at least 4 members (excludes halogenated alkanes) is 1. The van der Waals surface area contributed by atoms with Crippen LogP contribution in [0.15, 0.2) is 29.3 Å². The Balaban J connectivity index is 1.70. The minimum atomic E-state index is 0.423. The Morgan fingerprint density at radius 1 is 1.23 bits per heavy atom. The number of ether oxygens (including phenoxy) is 1. The van der Waals surface area contributed by atoms with Crippen LogP contribution in [0.1, 0.15) is 43.7 Å². The number of aliphatic imine (C=N–C) groups is 1. The second-order valence-electron chi connectivity index (χ2n) is 7.12. The lowest BCUT2D eigenvalue weighted by Crippen LogP contribution is -2.39. The molecule has 5 nitrogen and oxygen atoms in total. The van der Waals surface area contributed by atoms with Crippen LogP contribution in [0.2, 0.25) is 0 Å². The maximum Gasteiger partial charge on any atom is 0.191 e. The van der Waals surface area contributed by atoms with E-state index in [4.69, 9.17) is 9.73 Å². The van der Waals surface area contributed by atoms with Gasteiger partial charge in [0.1, 0.15) is 0 Å². The third-order valence-electron chi connectivity index (χ3n) is 4.78. The third kappa shape index (κ3) is 7.75. The van der Waals surface area contributed by atoms with Crippen LogP contribution in [0, 0.1) is 6.92 Å². The molecule has 0 aromatic heterocycles. The van der Waals surface area contributed by atoms with Crippen molar-refractivity contribution in [2.75, 3.05) is 52.5 Å². The molecule has 1 heterocycles. The standard InChI is InChI=1S/C21H36N4O/c1-4-22-21(23-10-5-6-11-25-12-14-26-15-13-25)24-17-19(3)20-9-7-8-18(2)16-20/h7-9,16,19H,4-6,10-15,17H2,1-3H3,(H2,22,23,24). The van der Waals surface area contributed by atoms with Crippen molar-refractivity contribution in [1.82, 2.24) is 15.5 Å². The fourth-order valence-corrected chi connectivity index (χ4v) is 3.14. The molecule has 0 aliphatic carbocycles. The molecule has 26 heavy (non-hydrogen) atoms. The molecule has 2 rings (SSSR count). The van der Waals surface area contributed by atoms with Crippen molar-refractivity contribution in [3.63, 3.8) is 0 Å². The summed E-state index contributed by atoms with van der Waals surface area (Å²) in [4.78, 5) is 7.27. The molecule has 0 amide bonds. The van der Waals surface area contributed by atoms with Crippen LogP contribution < -0.4 is 10.6 Å². The first-order chi connectivity index (χ1) is 12.7. The van der Waals surface area contributed by atoms with Gasteiger partial charge in [-0.2, -0.15) is 0 Å². The molecule has 1 saturated heterocycles. The minimum Gasteiger partial charge on any atom is -0.379 e. The Kier molecular flexibility index (Phi) is 9.50. The summed E-state index contributed by atoms with van der Waals surface area (Å²) in [7, 11) is 0. The van der Waals surface area contributed by atoms with Gasteiger partial charge in [0.05, 0.1) is 13.2 Å². The zero-order valence-corrected chi connectivity index (χ0v) is 16.8. The van der Waals surface area contributed by atoms with Crippen molar-refractivity contribution >= 4 is 5.96 Å². The van der Waals surface area contributed by atoms with Gasteiger partial charge in [0.2, 0.25) is 0 Å². The van der Waals surface area contributed by atoms with E-state index < -0.39 is 0 Å². The first kappa shape index (κ1) is 20.7. The van der Waals surface area contributed by atoms with Crippen LogP contribution in [0.3, 0.4) is 0 Å². The van der Waals surface area contributed by atoms with Gasteiger partial charge in [-0.3, -0.25) is 9.89 Å². The van der Waals surface area contributed by atoms with E-state index in [1.807, 2.05) is 0 Å². The summed E-state index contributed by atoms with van der Waals surface area (Å²) in [5, 5.41) is 6.83. The molecular weight excluding hydrogens is 324 g/mol. The normalized spacial score (nSPS) is 17.1. The van der Waals surface area contributed by atoms with Crippen molar-refractivity contribution in [2.45, 2.75) is 39.5 Å². The van der Waals surface area contributed by atoms with E-state index in [9.17, 15) is 0 Å². The molecule has 2 N–H and O–H groups in total. The minimum absolute atomic E-state index is 0.423. The molecule has 1 aliphatic rings. The highest BCUT2D eigenvalue weighted by molar-refractivity contribution is 5.79. The SMILES string of the molecule is CCNC(=NCC(C)c1cccc(C)c1)NCCCCN1CCOCC1. The van der Waals surface area contributed by atoms with Crippen LogP contribution in [-0.4, -0.2) is 63.3 Å². The fraction of sp³-hybridized carbons (Fsp3) is 0.667. The van der Waals surface area contributed by atoms with Gasteiger partial charge >= 0.3 is 0 Å². The Bertz CT molecular complexity index is 541. The molecule has 1 aromatic rings. The summed E-state index contributed by atoms with van der Waals surface area (Å²) in [6, 6.07) is 8.72. The molecule has 1 fully saturated rings. The molecule has 1 aliphatic heterocycles. The van der Waals surface area contributed by atoms with Crippen LogP contribution in [-0.2, 0) is 4.74 Å². The van der Waals surface area contributed by atoms with Gasteiger partial charge < -0.3 is 15.4 Å². The summed E-state index contributed by atoms with van der Waals surface area (Å²) in [5.74, 6) is 1.35. The van der Waals surface area contributed by atoms with Gasteiger partial charge in [-0.05, 0) is 38.8 Å². The molecule has 1 unspecified atom stereocenters. The third-order valence-corrected chi connectivity index (χ3v) is 4.78. The largest absolute Gasteiger partial charge is 0.379 e. The van der Waals surface area contributed by atoms with E-state index in [2.05, 4.69) is 60.6 Å². The average molecular weight is 361 g/mol. The highest BCUT2D eigenvalue weighted by Crippen LogP contribution is 2.16. The quantitative estimate of drug-likeness (QED) is 0.404. The number of rotatable bonds is 9. The van der Waals surface area contributed by atoms with Gasteiger partial charge in [0.25, 0.3) is 0 Å². The van der Waals surface area contributed by atoms with Gasteiger partial charge in [0, 0.05) is 38.6 Å². The highest BCUT2D eigenvalue weighted by atomic mass is 16.5. The predicted molar refractivity (Wildman–Crippen MR) is 110 cm³/mol. The summed E-state index contributed by atoms with van der Waals surface area (Å²) in [5.41, 5.74) is 2.67. The first-order valence-electron chi connectivity index (χ1n) is 10.1. The molecule has 0 radical (unpaired) electrons. The van der Waals surface area contributed by atoms with E-state index in [-0.39, 0.29) is 0 Å². The number of nitrogens with one attached hydrogen (secondary N) is 2. The summed E-state index contributed by atoms with van der Waals surface area (Å²) >= 11 is 0. The van der Waals surface area contributed by atoms with Gasteiger partial charge in [-0.15, -0.1) is 0 Å². The highest BCUT2D eigenvalue weighted by Gasteiger charge is 2.09. The maximum atomic E-state index is 5.39. The smallest absolute Gasteiger partial charge is 0.191 e. The van der Waals surface area contributed by atoms with Crippen molar-refractivity contribution in [3.05, 3.63) is 35.4 Å². The van der Waals surface area contributed by atoms with Crippen LogP contribution in [0.4, 0.5) is 0 Å². The zero-order valence-electron chi connectivity index (χ0n) is 16.8. The lowest BCUT2D eigenvalue weighted by molar-refractivity contribution is 0.0372. The van der Waals surface area contributed by atoms with Crippen molar-refractivity contribution in [3.8, 4) is 0 Å². The van der Waals surface area contributed by atoms with Gasteiger partial charge in [-0.25, -0.2) is 0 Å². The first-order valence-corrected chi connectivity index (χ1v) is 10.1. The summed E-state index contributed by atoms with van der Waals surface area (Å²) in [6.45, 7) is 14.2. The predicted octanol–water partition coefficient (Wildman–Crippen LogP) is 2.77. The number of hydrogen-bond acceptors (Lipinski definition) is 3. The number of benzene rings is 1. The number of guanidine groups is 1. The lowest BCUT2D eigenvalue weighted by Gasteiger charge is -2.26. The van der Waals surface area contributed by atoms with Gasteiger partial charge in [0.15, 0.2) is 5.96 Å². The maximum absolute atomic E-state index is 5.39. The van der Waals surface area contributed by atoms with E-state index in [0.717, 1.165) is 58.3 Å².